The van der Waals surface area contributed by atoms with Crippen LogP contribution in [0.3, 0.4) is 0 Å². The Morgan fingerprint density at radius 1 is 1.60 bits per heavy atom. The van der Waals surface area contributed by atoms with Gasteiger partial charge < -0.3 is 4.90 Å². The second kappa shape index (κ2) is 2.42. The first-order chi connectivity index (χ1) is 4.52. The van der Waals surface area contributed by atoms with E-state index in [9.17, 15) is 0 Å². The van der Waals surface area contributed by atoms with Crippen LogP contribution in [0.25, 0.3) is 0 Å². The summed E-state index contributed by atoms with van der Waals surface area (Å²) in [5, 5.41) is 4.06. The Hall–Kier alpha value is -0.250. The van der Waals surface area contributed by atoms with Crippen LogP contribution in [0.2, 0.25) is 0 Å². The smallest absolute Gasteiger partial charge is 0.173 e. The van der Waals surface area contributed by atoms with Gasteiger partial charge in [0.1, 0.15) is 6.34 Å². The van der Waals surface area contributed by atoms with E-state index >= 15 is 0 Å². The lowest BCUT2D eigenvalue weighted by Crippen LogP contribution is -2.44. The maximum absolute atomic E-state index is 3.92. The van der Waals surface area contributed by atoms with Crippen LogP contribution in [0.4, 0.5) is 0 Å². The SMILES string of the molecule is CC(C)(C)N1C=NNC1Br. The molecule has 0 radical (unpaired) electrons. The highest BCUT2D eigenvalue weighted by Crippen LogP contribution is 2.19. The number of hydrogen-bond donors (Lipinski definition) is 1. The van der Waals surface area contributed by atoms with Crippen molar-refractivity contribution in [2.45, 2.75) is 31.4 Å². The van der Waals surface area contributed by atoms with E-state index in [0.29, 0.717) is 0 Å². The molecule has 1 aliphatic heterocycles. The molecule has 0 aliphatic carbocycles. The molecule has 3 nitrogen and oxygen atoms in total. The summed E-state index contributed by atoms with van der Waals surface area (Å²) in [6, 6.07) is 0. The van der Waals surface area contributed by atoms with Crippen LogP contribution in [0.1, 0.15) is 20.8 Å². The first kappa shape index (κ1) is 7.85. The number of halogens is 1. The summed E-state index contributed by atoms with van der Waals surface area (Å²) >= 11 is 3.43. The fourth-order valence-electron chi connectivity index (χ4n) is 0.791. The molecule has 58 valence electrons. The molecule has 4 heteroatoms. The number of nitrogens with one attached hydrogen (secondary N) is 1. The lowest BCUT2D eigenvalue weighted by atomic mass is 10.1. The monoisotopic (exact) mass is 205 g/mol. The molecule has 0 spiro atoms. The van der Waals surface area contributed by atoms with Gasteiger partial charge in [0.15, 0.2) is 5.08 Å². The van der Waals surface area contributed by atoms with Crippen LogP contribution >= 0.6 is 15.9 Å². The highest BCUT2D eigenvalue weighted by molar-refractivity contribution is 9.09. The maximum atomic E-state index is 3.92. The van der Waals surface area contributed by atoms with Crippen molar-refractivity contribution in [2.75, 3.05) is 0 Å². The number of alkyl halides is 1. The minimum Gasteiger partial charge on any atom is -0.326 e. The lowest BCUT2D eigenvalue weighted by molar-refractivity contribution is 0.234. The maximum Gasteiger partial charge on any atom is 0.173 e. The standard InChI is InChI=1S/C6H12BrN3/c1-6(2,3)10-4-8-9-5(10)7/h4-5,9H,1-3H3. The van der Waals surface area contributed by atoms with Gasteiger partial charge in [-0.2, -0.15) is 5.10 Å². The van der Waals surface area contributed by atoms with Crippen molar-refractivity contribution in [2.24, 2.45) is 5.10 Å². The fraction of sp³-hybridized carbons (Fsp3) is 0.833. The summed E-state index contributed by atoms with van der Waals surface area (Å²) in [6.45, 7) is 6.42. The van der Waals surface area contributed by atoms with Gasteiger partial charge in [-0.3, -0.25) is 5.43 Å². The summed E-state index contributed by atoms with van der Waals surface area (Å²) in [5.74, 6) is 0. The van der Waals surface area contributed by atoms with Crippen LogP contribution < -0.4 is 5.43 Å². The molecule has 1 unspecified atom stereocenters. The Morgan fingerprint density at radius 3 is 2.40 bits per heavy atom. The third kappa shape index (κ3) is 1.42. The van der Waals surface area contributed by atoms with Gasteiger partial charge in [-0.1, -0.05) is 0 Å². The average Bonchev–Trinajstić information content (AvgIpc) is 2.11. The lowest BCUT2D eigenvalue weighted by Gasteiger charge is -2.32. The van der Waals surface area contributed by atoms with E-state index in [2.05, 4.69) is 52.1 Å². The molecule has 0 aromatic heterocycles. The van der Waals surface area contributed by atoms with Crippen molar-refractivity contribution in [1.29, 1.82) is 0 Å². The van der Waals surface area contributed by atoms with Gasteiger partial charge in [0.05, 0.1) is 0 Å². The summed E-state index contributed by atoms with van der Waals surface area (Å²) in [5.41, 5.74) is 3.01. The Labute approximate surface area is 69.6 Å². The Bertz CT molecular complexity index is 150. The van der Waals surface area contributed by atoms with Gasteiger partial charge in [0.2, 0.25) is 0 Å². The molecular weight excluding hydrogens is 194 g/mol. The third-order valence-corrected chi connectivity index (χ3v) is 2.03. The minimum atomic E-state index is 0.126. The van der Waals surface area contributed by atoms with Crippen LogP contribution in [-0.4, -0.2) is 21.9 Å². The largest absolute Gasteiger partial charge is 0.326 e. The van der Waals surface area contributed by atoms with Crippen molar-refractivity contribution < 1.29 is 0 Å². The number of rotatable bonds is 0. The van der Waals surface area contributed by atoms with Crippen LogP contribution in [-0.2, 0) is 0 Å². The van der Waals surface area contributed by atoms with E-state index in [1.807, 2.05) is 0 Å². The third-order valence-electron chi connectivity index (χ3n) is 1.38. The average molecular weight is 206 g/mol. The number of nitrogens with zero attached hydrogens (tertiary/aromatic N) is 2. The molecule has 0 fully saturated rings. The van der Waals surface area contributed by atoms with E-state index in [0.717, 1.165) is 0 Å². The first-order valence-electron chi connectivity index (χ1n) is 3.23. The number of hydrazone groups is 1. The zero-order chi connectivity index (χ0) is 7.78. The fourth-order valence-corrected chi connectivity index (χ4v) is 1.63. The molecule has 10 heavy (non-hydrogen) atoms. The minimum absolute atomic E-state index is 0.126. The van der Waals surface area contributed by atoms with Gasteiger partial charge in [-0.15, -0.1) is 0 Å². The first-order valence-corrected chi connectivity index (χ1v) is 4.14. The van der Waals surface area contributed by atoms with Gasteiger partial charge in [-0.25, -0.2) is 0 Å². The molecule has 0 aromatic carbocycles. The molecule has 0 saturated heterocycles. The van der Waals surface area contributed by atoms with E-state index in [1.54, 1.807) is 6.34 Å². The predicted octanol–water partition coefficient (Wildman–Crippen LogP) is 1.31. The molecule has 1 atom stereocenters. The van der Waals surface area contributed by atoms with E-state index in [4.69, 9.17) is 0 Å². The Balaban J connectivity index is 2.64. The highest BCUT2D eigenvalue weighted by atomic mass is 79.9. The number of hydrogen-bond acceptors (Lipinski definition) is 3. The molecule has 0 aromatic rings. The predicted molar refractivity (Wildman–Crippen MR) is 45.9 cm³/mol. The van der Waals surface area contributed by atoms with Gasteiger partial charge in [0, 0.05) is 5.54 Å². The molecule has 1 aliphatic rings. The summed E-state index contributed by atoms with van der Waals surface area (Å²) in [4.78, 5) is 2.10. The van der Waals surface area contributed by atoms with Crippen LogP contribution in [0.5, 0.6) is 0 Å². The molecule has 0 amide bonds. The molecule has 0 saturated carbocycles. The van der Waals surface area contributed by atoms with Crippen molar-refractivity contribution in [3.8, 4) is 0 Å². The van der Waals surface area contributed by atoms with Gasteiger partial charge in [-0.05, 0) is 36.7 Å². The molecule has 1 heterocycles. The summed E-state index contributed by atoms with van der Waals surface area (Å²) in [6.07, 6.45) is 1.80. The second-order valence-corrected chi connectivity index (χ2v) is 4.15. The highest BCUT2D eigenvalue weighted by Gasteiger charge is 2.27. The molecule has 1 N–H and O–H groups in total. The van der Waals surface area contributed by atoms with E-state index in [1.165, 1.54) is 0 Å². The zero-order valence-corrected chi connectivity index (χ0v) is 8.01. The topological polar surface area (TPSA) is 27.6 Å². The normalized spacial score (nSPS) is 25.2. The Kier molecular flexibility index (Phi) is 1.90. The summed E-state index contributed by atoms with van der Waals surface area (Å²) in [7, 11) is 0. The zero-order valence-electron chi connectivity index (χ0n) is 6.43. The van der Waals surface area contributed by atoms with E-state index < -0.39 is 0 Å². The Morgan fingerprint density at radius 2 is 2.20 bits per heavy atom. The molecular formula is C6H12BrN3. The van der Waals surface area contributed by atoms with Crippen molar-refractivity contribution in [3.63, 3.8) is 0 Å². The van der Waals surface area contributed by atoms with Gasteiger partial charge in [0.25, 0.3) is 0 Å². The molecule has 0 bridgehead atoms. The summed E-state index contributed by atoms with van der Waals surface area (Å²) < 4.78 is 0. The second-order valence-electron chi connectivity index (χ2n) is 3.29. The van der Waals surface area contributed by atoms with Crippen molar-refractivity contribution in [3.05, 3.63) is 0 Å². The van der Waals surface area contributed by atoms with Crippen molar-refractivity contribution >= 4 is 22.3 Å². The quantitative estimate of drug-likeness (QED) is 0.478. The van der Waals surface area contributed by atoms with Gasteiger partial charge >= 0.3 is 0 Å². The molecule has 1 rings (SSSR count). The van der Waals surface area contributed by atoms with Crippen LogP contribution in [0, 0.1) is 0 Å². The van der Waals surface area contributed by atoms with Crippen molar-refractivity contribution in [1.82, 2.24) is 10.3 Å². The van der Waals surface area contributed by atoms with E-state index in [-0.39, 0.29) is 10.6 Å². The van der Waals surface area contributed by atoms with Crippen LogP contribution in [0.15, 0.2) is 5.10 Å².